The summed E-state index contributed by atoms with van der Waals surface area (Å²) in [5.41, 5.74) is 0.553. The van der Waals surface area contributed by atoms with E-state index in [0.717, 1.165) is 6.42 Å². The maximum atomic E-state index is 11.8. The molecule has 0 saturated heterocycles. The van der Waals surface area contributed by atoms with Gasteiger partial charge in [-0.1, -0.05) is 30.1 Å². The van der Waals surface area contributed by atoms with Crippen LogP contribution in [0.5, 0.6) is 0 Å². The fraction of sp³-hybridized carbons (Fsp3) is 0.429. The maximum absolute atomic E-state index is 11.8. The molecule has 4 nitrogen and oxygen atoms in total. The van der Waals surface area contributed by atoms with E-state index >= 15 is 0 Å². The highest BCUT2D eigenvalue weighted by Crippen LogP contribution is 2.22. The van der Waals surface area contributed by atoms with E-state index in [-0.39, 0.29) is 18.2 Å². The summed E-state index contributed by atoms with van der Waals surface area (Å²) < 4.78 is 0. The number of hydrogen-bond acceptors (Lipinski definition) is 2. The van der Waals surface area contributed by atoms with Crippen LogP contribution in [0.15, 0.2) is 18.2 Å². The fourth-order valence-electron chi connectivity index (χ4n) is 1.78. The van der Waals surface area contributed by atoms with Crippen molar-refractivity contribution in [1.29, 1.82) is 0 Å². The second-order valence-electron chi connectivity index (χ2n) is 4.46. The predicted molar refractivity (Wildman–Crippen MR) is 82.3 cm³/mol. The molecule has 0 unspecified atom stereocenters. The summed E-state index contributed by atoms with van der Waals surface area (Å²) in [4.78, 5) is 24.8. The van der Waals surface area contributed by atoms with Crippen molar-refractivity contribution in [1.82, 2.24) is 4.90 Å². The smallest absolute Gasteiger partial charge is 0.226 e. The highest BCUT2D eigenvalue weighted by Gasteiger charge is 2.10. The monoisotopic (exact) mass is 316 g/mol. The minimum Gasteiger partial charge on any atom is -0.342 e. The number of halogens is 2. The van der Waals surface area contributed by atoms with E-state index in [4.69, 9.17) is 23.2 Å². The molecule has 0 bridgehead atoms. The first-order valence-electron chi connectivity index (χ1n) is 6.43. The molecule has 1 rings (SSSR count). The molecule has 0 radical (unpaired) electrons. The molecule has 6 heteroatoms. The minimum absolute atomic E-state index is 0.0227. The minimum atomic E-state index is -0.175. The number of carbonyl (C=O) groups is 2. The molecule has 0 fully saturated rings. The second kappa shape index (κ2) is 8.12. The third-order valence-corrected chi connectivity index (χ3v) is 3.13. The van der Waals surface area contributed by atoms with Crippen LogP contribution in [0.2, 0.25) is 10.0 Å². The van der Waals surface area contributed by atoms with E-state index in [1.165, 1.54) is 6.92 Å². The van der Waals surface area contributed by atoms with Crippen LogP contribution in [-0.2, 0) is 9.59 Å². The molecule has 0 saturated carbocycles. The molecule has 0 atom stereocenters. The van der Waals surface area contributed by atoms with E-state index in [9.17, 15) is 9.59 Å². The van der Waals surface area contributed by atoms with Crippen LogP contribution in [0.25, 0.3) is 0 Å². The second-order valence-corrected chi connectivity index (χ2v) is 5.34. The van der Waals surface area contributed by atoms with Gasteiger partial charge in [0.15, 0.2) is 0 Å². The Bertz CT molecular complexity index is 472. The molecule has 0 aliphatic carbocycles. The number of carbonyl (C=O) groups excluding carboxylic acids is 2. The zero-order valence-corrected chi connectivity index (χ0v) is 13.1. The van der Waals surface area contributed by atoms with Gasteiger partial charge < -0.3 is 10.2 Å². The topological polar surface area (TPSA) is 49.4 Å². The number of amides is 2. The van der Waals surface area contributed by atoms with Crippen LogP contribution in [0.3, 0.4) is 0 Å². The van der Waals surface area contributed by atoms with E-state index in [1.54, 1.807) is 23.1 Å². The Morgan fingerprint density at radius 2 is 1.75 bits per heavy atom. The first-order chi connectivity index (χ1) is 9.42. The van der Waals surface area contributed by atoms with Crippen LogP contribution in [-0.4, -0.2) is 29.8 Å². The molecular weight excluding hydrogens is 299 g/mol. The van der Waals surface area contributed by atoms with E-state index < -0.39 is 0 Å². The zero-order chi connectivity index (χ0) is 15.1. The molecule has 0 aliphatic rings. The zero-order valence-electron chi connectivity index (χ0n) is 11.6. The quantitative estimate of drug-likeness (QED) is 0.872. The Morgan fingerprint density at radius 3 is 2.25 bits per heavy atom. The van der Waals surface area contributed by atoms with Gasteiger partial charge in [-0.15, -0.1) is 0 Å². The maximum Gasteiger partial charge on any atom is 0.226 e. The van der Waals surface area contributed by atoms with Gasteiger partial charge in [0.1, 0.15) is 0 Å². The van der Waals surface area contributed by atoms with Gasteiger partial charge in [0, 0.05) is 42.2 Å². The standard InChI is InChI=1S/C14H18Cl2N2O2/c1-3-5-18(10(2)19)6-4-14(20)17-13-8-11(15)7-12(16)9-13/h7-9H,3-6H2,1-2H3,(H,17,20). The molecule has 0 aromatic heterocycles. The van der Waals surface area contributed by atoms with Crippen LogP contribution in [0, 0.1) is 0 Å². The molecule has 0 aliphatic heterocycles. The third kappa shape index (κ3) is 5.80. The van der Waals surface area contributed by atoms with Gasteiger partial charge in [-0.25, -0.2) is 0 Å². The van der Waals surface area contributed by atoms with Crippen molar-refractivity contribution in [3.63, 3.8) is 0 Å². The Morgan fingerprint density at radius 1 is 1.15 bits per heavy atom. The first-order valence-corrected chi connectivity index (χ1v) is 7.19. The first kappa shape index (κ1) is 16.8. The van der Waals surface area contributed by atoms with Gasteiger partial charge in [0.25, 0.3) is 0 Å². The van der Waals surface area contributed by atoms with Crippen molar-refractivity contribution < 1.29 is 9.59 Å². The van der Waals surface area contributed by atoms with E-state index in [2.05, 4.69) is 5.32 Å². The SMILES string of the molecule is CCCN(CCC(=O)Nc1cc(Cl)cc(Cl)c1)C(C)=O. The number of anilines is 1. The summed E-state index contributed by atoms with van der Waals surface area (Å²) in [5, 5.41) is 3.64. The summed E-state index contributed by atoms with van der Waals surface area (Å²) in [7, 11) is 0. The average Bonchev–Trinajstić information content (AvgIpc) is 2.32. The fourth-order valence-corrected chi connectivity index (χ4v) is 2.31. The van der Waals surface area contributed by atoms with E-state index in [1.807, 2.05) is 6.92 Å². The molecule has 0 spiro atoms. The number of rotatable bonds is 6. The molecule has 1 aromatic rings. The van der Waals surface area contributed by atoms with Crippen molar-refractivity contribution in [2.75, 3.05) is 18.4 Å². The molecule has 110 valence electrons. The number of nitrogens with zero attached hydrogens (tertiary/aromatic N) is 1. The lowest BCUT2D eigenvalue weighted by molar-refractivity contribution is -0.129. The third-order valence-electron chi connectivity index (χ3n) is 2.69. The van der Waals surface area contributed by atoms with Gasteiger partial charge in [-0.3, -0.25) is 9.59 Å². The lowest BCUT2D eigenvalue weighted by Gasteiger charge is -2.19. The summed E-state index contributed by atoms with van der Waals surface area (Å²) >= 11 is 11.7. The lowest BCUT2D eigenvalue weighted by atomic mass is 10.3. The van der Waals surface area contributed by atoms with Crippen LogP contribution >= 0.6 is 23.2 Å². The van der Waals surface area contributed by atoms with Crippen LogP contribution in [0.4, 0.5) is 5.69 Å². The Hall–Kier alpha value is -1.26. The Kier molecular flexibility index (Phi) is 6.82. The largest absolute Gasteiger partial charge is 0.342 e. The molecule has 0 heterocycles. The summed E-state index contributed by atoms with van der Waals surface area (Å²) in [6.07, 6.45) is 1.11. The molecule has 20 heavy (non-hydrogen) atoms. The van der Waals surface area contributed by atoms with Gasteiger partial charge in [-0.05, 0) is 24.6 Å². The Labute approximate surface area is 129 Å². The van der Waals surface area contributed by atoms with E-state index in [0.29, 0.717) is 28.8 Å². The Balaban J connectivity index is 2.52. The number of hydrogen-bond donors (Lipinski definition) is 1. The molecule has 1 N–H and O–H groups in total. The van der Waals surface area contributed by atoms with Crippen molar-refractivity contribution in [2.45, 2.75) is 26.7 Å². The molecule has 1 aromatic carbocycles. The summed E-state index contributed by atoms with van der Waals surface area (Å²) in [6.45, 7) is 4.56. The van der Waals surface area contributed by atoms with Gasteiger partial charge in [-0.2, -0.15) is 0 Å². The van der Waals surface area contributed by atoms with Crippen molar-refractivity contribution >= 4 is 40.7 Å². The summed E-state index contributed by atoms with van der Waals surface area (Å²) in [5.74, 6) is -0.198. The highest BCUT2D eigenvalue weighted by molar-refractivity contribution is 6.35. The summed E-state index contributed by atoms with van der Waals surface area (Å²) in [6, 6.07) is 4.84. The average molecular weight is 317 g/mol. The van der Waals surface area contributed by atoms with Crippen molar-refractivity contribution in [2.24, 2.45) is 0 Å². The molecule has 2 amide bonds. The van der Waals surface area contributed by atoms with Crippen LogP contribution in [0.1, 0.15) is 26.7 Å². The van der Waals surface area contributed by atoms with Gasteiger partial charge >= 0.3 is 0 Å². The molecular formula is C14H18Cl2N2O2. The van der Waals surface area contributed by atoms with Gasteiger partial charge in [0.2, 0.25) is 11.8 Å². The van der Waals surface area contributed by atoms with Crippen molar-refractivity contribution in [3.8, 4) is 0 Å². The van der Waals surface area contributed by atoms with Crippen LogP contribution < -0.4 is 5.32 Å². The number of benzene rings is 1. The highest BCUT2D eigenvalue weighted by atomic mass is 35.5. The predicted octanol–water partition coefficient (Wildman–Crippen LogP) is 3.58. The van der Waals surface area contributed by atoms with Crippen molar-refractivity contribution in [3.05, 3.63) is 28.2 Å². The van der Waals surface area contributed by atoms with Gasteiger partial charge in [0.05, 0.1) is 0 Å². The number of nitrogens with one attached hydrogen (secondary N) is 1. The normalized spacial score (nSPS) is 10.2. The lowest BCUT2D eigenvalue weighted by Crippen LogP contribution is -2.32.